The first-order valence-electron chi connectivity index (χ1n) is 10.3. The Morgan fingerprint density at radius 1 is 1.21 bits per heavy atom. The number of ether oxygens (including phenoxy) is 2. The van der Waals surface area contributed by atoms with Crippen LogP contribution >= 0.6 is 0 Å². The predicted octanol–water partition coefficient (Wildman–Crippen LogP) is 3.11. The first-order chi connectivity index (χ1) is 14.2. The monoisotopic (exact) mass is 393 g/mol. The summed E-state index contributed by atoms with van der Waals surface area (Å²) in [7, 11) is 1.59. The number of piperidine rings is 1. The van der Waals surface area contributed by atoms with Crippen molar-refractivity contribution in [2.45, 2.75) is 38.5 Å². The van der Waals surface area contributed by atoms with Crippen molar-refractivity contribution in [1.82, 2.24) is 9.97 Å². The third kappa shape index (κ3) is 4.21. The zero-order valence-corrected chi connectivity index (χ0v) is 16.9. The minimum atomic E-state index is 0.376. The number of nitrogens with two attached hydrogens (primary N) is 1. The van der Waals surface area contributed by atoms with E-state index in [1.807, 2.05) is 0 Å². The Morgan fingerprint density at radius 3 is 2.90 bits per heavy atom. The van der Waals surface area contributed by atoms with Gasteiger partial charge in [-0.25, -0.2) is 4.98 Å². The van der Waals surface area contributed by atoms with Gasteiger partial charge < -0.3 is 20.1 Å². The van der Waals surface area contributed by atoms with Crippen LogP contribution in [0.4, 0.5) is 11.8 Å². The van der Waals surface area contributed by atoms with Crippen LogP contribution in [0.25, 0.3) is 0 Å². The summed E-state index contributed by atoms with van der Waals surface area (Å²) in [6.45, 7) is 2.47. The average molecular weight is 393 g/mol. The molecule has 29 heavy (non-hydrogen) atoms. The largest absolute Gasteiger partial charge is 0.493 e. The summed E-state index contributed by atoms with van der Waals surface area (Å²) in [5, 5.41) is 9.05. The Labute approximate surface area is 171 Å². The maximum atomic E-state index is 9.05. The number of nitrogen functional groups attached to an aromatic ring is 1. The van der Waals surface area contributed by atoms with Crippen molar-refractivity contribution >= 4 is 11.8 Å². The van der Waals surface area contributed by atoms with Gasteiger partial charge in [-0.2, -0.15) is 10.2 Å². The Balaban J connectivity index is 1.46. The third-order valence-corrected chi connectivity index (χ3v) is 5.76. The zero-order chi connectivity index (χ0) is 20.2. The molecule has 2 aromatic rings. The van der Waals surface area contributed by atoms with Crippen molar-refractivity contribution in [2.75, 3.05) is 37.4 Å². The molecule has 2 heterocycles. The lowest BCUT2D eigenvalue weighted by molar-refractivity contribution is 0.220. The van der Waals surface area contributed by atoms with Gasteiger partial charge in [0.15, 0.2) is 11.5 Å². The summed E-state index contributed by atoms with van der Waals surface area (Å²) < 4.78 is 11.4. The van der Waals surface area contributed by atoms with Gasteiger partial charge in [0.2, 0.25) is 5.95 Å². The van der Waals surface area contributed by atoms with Crippen molar-refractivity contribution in [2.24, 2.45) is 5.92 Å². The second-order valence-electron chi connectivity index (χ2n) is 7.78. The van der Waals surface area contributed by atoms with E-state index < -0.39 is 0 Å². The number of benzene rings is 1. The van der Waals surface area contributed by atoms with Gasteiger partial charge in [0.05, 0.1) is 31.0 Å². The highest BCUT2D eigenvalue weighted by Gasteiger charge is 2.26. The molecule has 1 saturated heterocycles. The van der Waals surface area contributed by atoms with E-state index in [-0.39, 0.29) is 0 Å². The SMILES string of the molecule is COc1cc(C#N)ccc1OCC1CCCN(c2nc(N)nc3c2CCCC3)C1. The Hall–Kier alpha value is -3.01. The van der Waals surface area contributed by atoms with Gasteiger partial charge in [-0.3, -0.25) is 0 Å². The van der Waals surface area contributed by atoms with Crippen LogP contribution < -0.4 is 20.1 Å². The van der Waals surface area contributed by atoms with Crippen LogP contribution in [0.2, 0.25) is 0 Å². The van der Waals surface area contributed by atoms with Crippen LogP contribution in [0.1, 0.15) is 42.5 Å². The molecule has 0 saturated carbocycles. The quantitative estimate of drug-likeness (QED) is 0.833. The number of rotatable bonds is 5. The summed E-state index contributed by atoms with van der Waals surface area (Å²) in [6.07, 6.45) is 6.59. The lowest BCUT2D eigenvalue weighted by Gasteiger charge is -2.35. The van der Waals surface area contributed by atoms with Crippen LogP contribution in [-0.4, -0.2) is 36.8 Å². The number of aromatic nitrogens is 2. The molecule has 4 rings (SSSR count). The molecule has 0 bridgehead atoms. The van der Waals surface area contributed by atoms with E-state index in [1.165, 1.54) is 18.4 Å². The minimum Gasteiger partial charge on any atom is -0.493 e. The molecular weight excluding hydrogens is 366 g/mol. The molecule has 7 heteroatoms. The number of hydrogen-bond acceptors (Lipinski definition) is 7. The molecule has 2 aliphatic rings. The van der Waals surface area contributed by atoms with Gasteiger partial charge in [0.1, 0.15) is 5.82 Å². The van der Waals surface area contributed by atoms with Crippen LogP contribution in [0.3, 0.4) is 0 Å². The highest BCUT2D eigenvalue weighted by atomic mass is 16.5. The summed E-state index contributed by atoms with van der Waals surface area (Å²) in [6, 6.07) is 7.39. The van der Waals surface area contributed by atoms with Crippen molar-refractivity contribution in [3.05, 3.63) is 35.0 Å². The van der Waals surface area contributed by atoms with Gasteiger partial charge in [0, 0.05) is 30.6 Å². The van der Waals surface area contributed by atoms with E-state index in [0.717, 1.165) is 50.3 Å². The van der Waals surface area contributed by atoms with Crippen LogP contribution in [0.5, 0.6) is 11.5 Å². The van der Waals surface area contributed by atoms with Crippen molar-refractivity contribution < 1.29 is 9.47 Å². The number of fused-ring (bicyclic) bond motifs is 1. The summed E-state index contributed by atoms with van der Waals surface area (Å²) in [5.74, 6) is 3.05. The van der Waals surface area contributed by atoms with E-state index >= 15 is 0 Å². The minimum absolute atomic E-state index is 0.376. The van der Waals surface area contributed by atoms with E-state index in [9.17, 15) is 0 Å². The number of nitriles is 1. The lowest BCUT2D eigenvalue weighted by Crippen LogP contribution is -2.39. The van der Waals surface area contributed by atoms with Gasteiger partial charge in [-0.15, -0.1) is 0 Å². The van der Waals surface area contributed by atoms with Gasteiger partial charge >= 0.3 is 0 Å². The van der Waals surface area contributed by atoms with E-state index in [1.54, 1.807) is 25.3 Å². The third-order valence-electron chi connectivity index (χ3n) is 5.76. The molecule has 1 fully saturated rings. The summed E-state index contributed by atoms with van der Waals surface area (Å²) in [4.78, 5) is 11.4. The number of hydrogen-bond donors (Lipinski definition) is 1. The molecule has 1 aromatic heterocycles. The normalized spacial score (nSPS) is 18.6. The molecule has 1 atom stereocenters. The highest BCUT2D eigenvalue weighted by Crippen LogP contribution is 2.32. The van der Waals surface area contributed by atoms with Gasteiger partial charge in [-0.05, 0) is 50.7 Å². The fourth-order valence-corrected chi connectivity index (χ4v) is 4.31. The molecule has 152 valence electrons. The van der Waals surface area contributed by atoms with Crippen LogP contribution in [-0.2, 0) is 12.8 Å². The second kappa shape index (κ2) is 8.56. The smallest absolute Gasteiger partial charge is 0.222 e. The molecule has 2 N–H and O–H groups in total. The number of anilines is 2. The van der Waals surface area contributed by atoms with Gasteiger partial charge in [0.25, 0.3) is 0 Å². The maximum absolute atomic E-state index is 9.05. The molecule has 0 radical (unpaired) electrons. The fourth-order valence-electron chi connectivity index (χ4n) is 4.31. The van der Waals surface area contributed by atoms with Crippen LogP contribution in [0.15, 0.2) is 18.2 Å². The summed E-state index contributed by atoms with van der Waals surface area (Å²) >= 11 is 0. The number of methoxy groups -OCH3 is 1. The topological polar surface area (TPSA) is 97.3 Å². The Kier molecular flexibility index (Phi) is 5.70. The molecule has 1 aromatic carbocycles. The molecule has 1 unspecified atom stereocenters. The number of aryl methyl sites for hydroxylation is 1. The van der Waals surface area contributed by atoms with Crippen molar-refractivity contribution in [3.63, 3.8) is 0 Å². The zero-order valence-electron chi connectivity index (χ0n) is 16.9. The van der Waals surface area contributed by atoms with Crippen molar-refractivity contribution in [3.8, 4) is 17.6 Å². The first kappa shape index (κ1) is 19.3. The molecule has 1 aliphatic heterocycles. The average Bonchev–Trinajstić information content (AvgIpc) is 2.77. The highest BCUT2D eigenvalue weighted by molar-refractivity contribution is 5.53. The van der Waals surface area contributed by atoms with Crippen molar-refractivity contribution in [1.29, 1.82) is 5.26 Å². The van der Waals surface area contributed by atoms with Gasteiger partial charge in [-0.1, -0.05) is 0 Å². The number of nitrogens with zero attached hydrogens (tertiary/aromatic N) is 4. The lowest BCUT2D eigenvalue weighted by atomic mass is 9.94. The molecule has 7 nitrogen and oxygen atoms in total. The molecule has 0 amide bonds. The predicted molar refractivity (Wildman–Crippen MR) is 111 cm³/mol. The van der Waals surface area contributed by atoms with E-state index in [2.05, 4.69) is 20.9 Å². The van der Waals surface area contributed by atoms with E-state index in [4.69, 9.17) is 20.5 Å². The summed E-state index contributed by atoms with van der Waals surface area (Å²) in [5.41, 5.74) is 8.97. The second-order valence-corrected chi connectivity index (χ2v) is 7.78. The Morgan fingerprint density at radius 2 is 2.07 bits per heavy atom. The molecular formula is C22H27N5O2. The maximum Gasteiger partial charge on any atom is 0.222 e. The Bertz CT molecular complexity index is 924. The first-order valence-corrected chi connectivity index (χ1v) is 10.3. The molecule has 1 aliphatic carbocycles. The fraction of sp³-hybridized carbons (Fsp3) is 0.500. The standard InChI is InChI=1S/C22H27N5O2/c1-28-20-11-15(12-23)8-9-19(20)29-14-16-5-4-10-27(13-16)21-17-6-2-3-7-18(17)25-22(24)26-21/h8-9,11,16H,2-7,10,13-14H2,1H3,(H2,24,25,26). The van der Waals surface area contributed by atoms with E-state index in [0.29, 0.717) is 35.5 Å². The molecule has 0 spiro atoms. The van der Waals surface area contributed by atoms with Crippen LogP contribution in [0, 0.1) is 17.2 Å².